The van der Waals surface area contributed by atoms with Crippen LogP contribution in [-0.2, 0) is 24.2 Å². The first kappa shape index (κ1) is 31.2. The predicted molar refractivity (Wildman–Crippen MR) is 161 cm³/mol. The van der Waals surface area contributed by atoms with E-state index in [0.29, 0.717) is 40.5 Å². The molecule has 0 fully saturated rings. The summed E-state index contributed by atoms with van der Waals surface area (Å²) < 4.78 is 57.7. The molecule has 0 heterocycles. The van der Waals surface area contributed by atoms with Crippen LogP contribution in [0.4, 0.5) is 18.9 Å². The number of carbonyl (C=O) groups excluding carboxylic acids is 1. The summed E-state index contributed by atoms with van der Waals surface area (Å²) in [5, 5.41) is 12.0. The lowest BCUT2D eigenvalue weighted by atomic mass is 10.1. The highest BCUT2D eigenvalue weighted by Crippen LogP contribution is 2.32. The summed E-state index contributed by atoms with van der Waals surface area (Å²) in [6.45, 7) is 2.83. The molecule has 0 aliphatic rings. The van der Waals surface area contributed by atoms with Gasteiger partial charge in [0.25, 0.3) is 5.91 Å². The third-order valence-electron chi connectivity index (χ3n) is 6.02. The molecule has 0 aromatic heterocycles. The van der Waals surface area contributed by atoms with Gasteiger partial charge >= 0.3 is 6.18 Å². The Morgan fingerprint density at radius 3 is 2.30 bits per heavy atom. The molecule has 10 heteroatoms. The van der Waals surface area contributed by atoms with Gasteiger partial charge in [-0.2, -0.15) is 18.4 Å². The minimum absolute atomic E-state index is 0.0898. The molecule has 220 valence electrons. The van der Waals surface area contributed by atoms with Gasteiger partial charge in [-0.05, 0) is 72.7 Å². The van der Waals surface area contributed by atoms with Gasteiger partial charge in [-0.15, -0.1) is 0 Å². The fourth-order valence-electron chi connectivity index (χ4n) is 3.97. The van der Waals surface area contributed by atoms with Crippen LogP contribution in [0.5, 0.6) is 17.2 Å². The number of nitrogens with one attached hydrogen (secondary N) is 1. The van der Waals surface area contributed by atoms with Crippen molar-refractivity contribution >= 4 is 33.6 Å². The van der Waals surface area contributed by atoms with Crippen molar-refractivity contribution in [2.45, 2.75) is 26.3 Å². The van der Waals surface area contributed by atoms with Crippen molar-refractivity contribution in [3.63, 3.8) is 0 Å². The molecule has 0 spiro atoms. The number of ether oxygens (including phenoxy) is 3. The van der Waals surface area contributed by atoms with E-state index in [4.69, 9.17) is 14.2 Å². The molecule has 4 rings (SSSR count). The number of amides is 1. The third-order valence-corrected chi connectivity index (χ3v) is 6.52. The standard InChI is InChI=1S/C33H26BrF3N2O4/c1-2-41-31-15-23(11-13-30(31)43-20-22-7-4-3-5-8-22)21-42-29-14-12-27(34)17-24(29)16-25(19-38)32(40)39-28-10-6-9-26(18-28)33(35,36)37/h3-18H,2,20-21H2,1H3,(H,39,40)/b25-16+. The normalized spacial score (nSPS) is 11.4. The lowest BCUT2D eigenvalue weighted by Crippen LogP contribution is -2.14. The Morgan fingerprint density at radius 1 is 0.860 bits per heavy atom. The molecular weight excluding hydrogens is 625 g/mol. The fraction of sp³-hybridized carbons (Fsp3) is 0.152. The van der Waals surface area contributed by atoms with Crippen LogP contribution < -0.4 is 19.5 Å². The van der Waals surface area contributed by atoms with Gasteiger partial charge in [0.05, 0.1) is 12.2 Å². The van der Waals surface area contributed by atoms with Gasteiger partial charge in [0.2, 0.25) is 0 Å². The van der Waals surface area contributed by atoms with Gasteiger partial charge in [0, 0.05) is 15.7 Å². The van der Waals surface area contributed by atoms with Crippen molar-refractivity contribution in [1.29, 1.82) is 5.26 Å². The molecular formula is C33H26BrF3N2O4. The molecule has 0 atom stereocenters. The average Bonchev–Trinajstić information content (AvgIpc) is 2.99. The maximum atomic E-state index is 13.1. The molecule has 43 heavy (non-hydrogen) atoms. The smallest absolute Gasteiger partial charge is 0.416 e. The van der Waals surface area contributed by atoms with Gasteiger partial charge in [-0.25, -0.2) is 0 Å². The Labute approximate surface area is 255 Å². The summed E-state index contributed by atoms with van der Waals surface area (Å²) in [5.41, 5.74) is 0.896. The zero-order valence-corrected chi connectivity index (χ0v) is 24.5. The number of halogens is 4. The van der Waals surface area contributed by atoms with E-state index in [9.17, 15) is 23.2 Å². The molecule has 0 radical (unpaired) electrons. The second kappa shape index (κ2) is 14.4. The molecule has 0 bridgehead atoms. The minimum atomic E-state index is -4.57. The van der Waals surface area contributed by atoms with Gasteiger partial charge in [-0.1, -0.05) is 58.4 Å². The molecule has 0 aliphatic heterocycles. The average molecular weight is 651 g/mol. The van der Waals surface area contributed by atoms with Crippen LogP contribution >= 0.6 is 15.9 Å². The van der Waals surface area contributed by atoms with Crippen LogP contribution in [-0.4, -0.2) is 12.5 Å². The van der Waals surface area contributed by atoms with Crippen LogP contribution in [0.3, 0.4) is 0 Å². The van der Waals surface area contributed by atoms with Crippen LogP contribution in [0.25, 0.3) is 6.08 Å². The van der Waals surface area contributed by atoms with E-state index in [0.717, 1.165) is 23.3 Å². The summed E-state index contributed by atoms with van der Waals surface area (Å²) in [6.07, 6.45) is -3.26. The molecule has 1 N–H and O–H groups in total. The maximum Gasteiger partial charge on any atom is 0.416 e. The van der Waals surface area contributed by atoms with E-state index in [2.05, 4.69) is 21.2 Å². The molecule has 4 aromatic rings. The highest BCUT2D eigenvalue weighted by Gasteiger charge is 2.30. The Hall–Kier alpha value is -4.75. The van der Waals surface area contributed by atoms with E-state index >= 15 is 0 Å². The quantitative estimate of drug-likeness (QED) is 0.130. The number of rotatable bonds is 11. The summed E-state index contributed by atoms with van der Waals surface area (Å²) in [7, 11) is 0. The number of benzene rings is 4. The van der Waals surface area contributed by atoms with Crippen molar-refractivity contribution in [1.82, 2.24) is 0 Å². The van der Waals surface area contributed by atoms with E-state index in [1.807, 2.05) is 55.5 Å². The molecule has 0 saturated carbocycles. The number of hydrogen-bond acceptors (Lipinski definition) is 5. The molecule has 0 saturated heterocycles. The fourth-order valence-corrected chi connectivity index (χ4v) is 4.34. The molecule has 0 unspecified atom stereocenters. The van der Waals surface area contributed by atoms with Crippen LogP contribution in [0.2, 0.25) is 0 Å². The van der Waals surface area contributed by atoms with Crippen molar-refractivity contribution in [2.24, 2.45) is 0 Å². The topological polar surface area (TPSA) is 80.6 Å². The molecule has 1 amide bonds. The Morgan fingerprint density at radius 2 is 1.58 bits per heavy atom. The van der Waals surface area contributed by atoms with Gasteiger partial charge < -0.3 is 19.5 Å². The second-order valence-corrected chi connectivity index (χ2v) is 10.1. The van der Waals surface area contributed by atoms with Crippen LogP contribution in [0.1, 0.15) is 29.2 Å². The van der Waals surface area contributed by atoms with Gasteiger partial charge in [-0.3, -0.25) is 4.79 Å². The van der Waals surface area contributed by atoms with Crippen molar-refractivity contribution in [3.05, 3.63) is 123 Å². The first-order valence-corrected chi connectivity index (χ1v) is 13.9. The first-order chi connectivity index (χ1) is 20.7. The summed E-state index contributed by atoms with van der Waals surface area (Å²) in [4.78, 5) is 12.8. The number of alkyl halides is 3. The zero-order valence-electron chi connectivity index (χ0n) is 23.0. The molecule has 0 aliphatic carbocycles. The minimum Gasteiger partial charge on any atom is -0.490 e. The van der Waals surface area contributed by atoms with E-state index < -0.39 is 17.6 Å². The second-order valence-electron chi connectivity index (χ2n) is 9.16. The highest BCUT2D eigenvalue weighted by molar-refractivity contribution is 9.10. The largest absolute Gasteiger partial charge is 0.490 e. The van der Waals surface area contributed by atoms with Gasteiger partial charge in [0.15, 0.2) is 11.5 Å². The van der Waals surface area contributed by atoms with Crippen molar-refractivity contribution in [2.75, 3.05) is 11.9 Å². The molecule has 6 nitrogen and oxygen atoms in total. The number of hydrogen-bond donors (Lipinski definition) is 1. The maximum absolute atomic E-state index is 13.1. The first-order valence-electron chi connectivity index (χ1n) is 13.1. The van der Waals surface area contributed by atoms with E-state index in [1.54, 1.807) is 24.3 Å². The Kier molecular flexibility index (Phi) is 10.5. The monoisotopic (exact) mass is 650 g/mol. The highest BCUT2D eigenvalue weighted by atomic mass is 79.9. The predicted octanol–water partition coefficient (Wildman–Crippen LogP) is 8.57. The lowest BCUT2D eigenvalue weighted by molar-refractivity contribution is -0.137. The van der Waals surface area contributed by atoms with Crippen molar-refractivity contribution in [3.8, 4) is 23.3 Å². The van der Waals surface area contributed by atoms with E-state index in [-0.39, 0.29) is 17.9 Å². The van der Waals surface area contributed by atoms with Gasteiger partial charge in [0.1, 0.15) is 30.6 Å². The summed E-state index contributed by atoms with van der Waals surface area (Å²) in [5.74, 6) is 0.672. The Bertz CT molecular complexity index is 1650. The van der Waals surface area contributed by atoms with Crippen molar-refractivity contribution < 1.29 is 32.2 Å². The zero-order chi connectivity index (χ0) is 30.8. The number of carbonyl (C=O) groups is 1. The number of anilines is 1. The molecule has 4 aromatic carbocycles. The Balaban J connectivity index is 1.50. The lowest BCUT2D eigenvalue weighted by Gasteiger charge is -2.15. The number of nitriles is 1. The van der Waals surface area contributed by atoms with E-state index in [1.165, 1.54) is 18.2 Å². The summed E-state index contributed by atoms with van der Waals surface area (Å²) >= 11 is 3.38. The third kappa shape index (κ3) is 8.87. The van der Waals surface area contributed by atoms with Crippen LogP contribution in [0, 0.1) is 11.3 Å². The summed E-state index contributed by atoms with van der Waals surface area (Å²) in [6, 6.07) is 26.3. The number of nitrogens with zero attached hydrogens (tertiary/aromatic N) is 1. The van der Waals surface area contributed by atoms with Crippen LogP contribution in [0.15, 0.2) is 101 Å². The SMILES string of the molecule is CCOc1cc(COc2ccc(Br)cc2/C=C(\C#N)C(=O)Nc2cccc(C(F)(F)F)c2)ccc1OCc1ccccc1.